The highest BCUT2D eigenvalue weighted by Gasteiger charge is 2.23. The third kappa shape index (κ3) is 4.65. The number of aliphatic imine (C=N–C) groups is 1. The Hall–Kier alpha value is -2.73. The molecule has 0 spiro atoms. The molecule has 156 valence electrons. The summed E-state index contributed by atoms with van der Waals surface area (Å²) in [6.07, 6.45) is 1.05. The summed E-state index contributed by atoms with van der Waals surface area (Å²) < 4.78 is 10.9. The first kappa shape index (κ1) is 21.0. The molecule has 2 aromatic rings. The van der Waals surface area contributed by atoms with Crippen molar-refractivity contribution in [1.82, 2.24) is 10.2 Å². The van der Waals surface area contributed by atoms with E-state index in [1.54, 1.807) is 14.2 Å². The quantitative estimate of drug-likeness (QED) is 0.575. The van der Waals surface area contributed by atoms with Crippen molar-refractivity contribution in [3.8, 4) is 11.5 Å². The summed E-state index contributed by atoms with van der Waals surface area (Å²) in [6.45, 7) is 4.54. The summed E-state index contributed by atoms with van der Waals surface area (Å²) in [5, 5.41) is 3.46. The van der Waals surface area contributed by atoms with Crippen LogP contribution in [-0.2, 0) is 6.42 Å². The zero-order valence-corrected chi connectivity index (χ0v) is 18.1. The number of anilines is 1. The molecule has 3 rings (SSSR count). The number of guanidine groups is 1. The van der Waals surface area contributed by atoms with Gasteiger partial charge in [-0.3, -0.25) is 4.99 Å². The van der Waals surface area contributed by atoms with E-state index in [4.69, 9.17) is 14.5 Å². The van der Waals surface area contributed by atoms with Crippen LogP contribution >= 0.6 is 0 Å². The highest BCUT2D eigenvalue weighted by Crippen LogP contribution is 2.32. The summed E-state index contributed by atoms with van der Waals surface area (Å²) >= 11 is 0. The van der Waals surface area contributed by atoms with Gasteiger partial charge < -0.3 is 24.6 Å². The second-order valence-electron chi connectivity index (χ2n) is 7.32. The van der Waals surface area contributed by atoms with Crippen LogP contribution in [0.2, 0.25) is 0 Å². The molecule has 0 aliphatic carbocycles. The smallest absolute Gasteiger partial charge is 0.198 e. The molecule has 6 nitrogen and oxygen atoms in total. The minimum atomic E-state index is 0.126. The topological polar surface area (TPSA) is 49.3 Å². The third-order valence-corrected chi connectivity index (χ3v) is 5.31. The number of likely N-dealkylation sites (N-methyl/N-ethyl adjacent to an activating group) is 1. The lowest BCUT2D eigenvalue weighted by Crippen LogP contribution is -2.41. The Balaban J connectivity index is 1.86. The Morgan fingerprint density at radius 3 is 2.59 bits per heavy atom. The molecular weight excluding hydrogens is 364 g/mol. The Morgan fingerprint density at radius 1 is 1.14 bits per heavy atom. The van der Waals surface area contributed by atoms with E-state index in [2.05, 4.69) is 66.5 Å². The second kappa shape index (κ2) is 9.65. The molecule has 2 aromatic carbocycles. The van der Waals surface area contributed by atoms with Crippen molar-refractivity contribution >= 4 is 11.6 Å². The zero-order valence-electron chi connectivity index (χ0n) is 18.1. The minimum Gasteiger partial charge on any atom is -0.493 e. The lowest BCUT2D eigenvalue weighted by atomic mass is 10.1. The van der Waals surface area contributed by atoms with E-state index in [0.717, 1.165) is 42.5 Å². The molecule has 1 heterocycles. The Kier molecular flexibility index (Phi) is 6.99. The van der Waals surface area contributed by atoms with Gasteiger partial charge >= 0.3 is 0 Å². The van der Waals surface area contributed by atoms with Gasteiger partial charge in [0, 0.05) is 18.8 Å². The first-order valence-electron chi connectivity index (χ1n) is 10.1. The fourth-order valence-corrected chi connectivity index (χ4v) is 3.75. The van der Waals surface area contributed by atoms with E-state index in [-0.39, 0.29) is 6.04 Å². The van der Waals surface area contributed by atoms with Gasteiger partial charge in [-0.2, -0.15) is 0 Å². The van der Waals surface area contributed by atoms with Crippen molar-refractivity contribution in [2.24, 2.45) is 4.99 Å². The molecule has 1 atom stereocenters. The number of para-hydroxylation sites is 1. The maximum absolute atomic E-state index is 5.49. The summed E-state index contributed by atoms with van der Waals surface area (Å²) in [7, 11) is 7.48. The Bertz CT molecular complexity index is 851. The lowest BCUT2D eigenvalue weighted by Gasteiger charge is -2.26. The molecule has 1 aliphatic heterocycles. The van der Waals surface area contributed by atoms with Crippen LogP contribution in [0.4, 0.5) is 5.69 Å². The van der Waals surface area contributed by atoms with Crippen LogP contribution in [0.1, 0.15) is 24.1 Å². The van der Waals surface area contributed by atoms with Crippen molar-refractivity contribution < 1.29 is 9.47 Å². The van der Waals surface area contributed by atoms with Crippen molar-refractivity contribution in [3.05, 3.63) is 53.6 Å². The van der Waals surface area contributed by atoms with Crippen molar-refractivity contribution in [2.45, 2.75) is 19.4 Å². The van der Waals surface area contributed by atoms with Crippen LogP contribution < -0.4 is 19.7 Å². The van der Waals surface area contributed by atoms with Gasteiger partial charge in [-0.05, 0) is 56.8 Å². The number of nitrogens with one attached hydrogen (secondary N) is 1. The number of hydrogen-bond acceptors (Lipinski definition) is 4. The SMILES string of the molecule is CCNC(=NCC(c1ccc(OC)c(OC)c1)N(C)C)N1CCc2ccccc21. The molecule has 29 heavy (non-hydrogen) atoms. The molecule has 0 radical (unpaired) electrons. The molecule has 6 heteroatoms. The molecule has 1 aliphatic rings. The molecule has 0 fully saturated rings. The van der Waals surface area contributed by atoms with E-state index in [1.807, 2.05) is 12.1 Å². The van der Waals surface area contributed by atoms with E-state index in [1.165, 1.54) is 11.3 Å². The Morgan fingerprint density at radius 2 is 1.90 bits per heavy atom. The molecule has 0 aromatic heterocycles. The molecule has 1 N–H and O–H groups in total. The number of rotatable bonds is 7. The van der Waals surface area contributed by atoms with E-state index >= 15 is 0 Å². The van der Waals surface area contributed by atoms with Gasteiger partial charge in [0.1, 0.15) is 0 Å². The normalized spacial score (nSPS) is 14.7. The highest BCUT2D eigenvalue weighted by molar-refractivity contribution is 5.98. The number of methoxy groups -OCH3 is 2. The van der Waals surface area contributed by atoms with Gasteiger partial charge in [-0.15, -0.1) is 0 Å². The number of ether oxygens (including phenoxy) is 2. The minimum absolute atomic E-state index is 0.126. The molecule has 1 unspecified atom stereocenters. The van der Waals surface area contributed by atoms with Crippen LogP contribution in [0.3, 0.4) is 0 Å². The van der Waals surface area contributed by atoms with E-state index < -0.39 is 0 Å². The fourth-order valence-electron chi connectivity index (χ4n) is 3.75. The molecular formula is C23H32N4O2. The third-order valence-electron chi connectivity index (χ3n) is 5.31. The molecule has 0 saturated heterocycles. The van der Waals surface area contributed by atoms with Crippen molar-refractivity contribution in [2.75, 3.05) is 52.8 Å². The second-order valence-corrected chi connectivity index (χ2v) is 7.32. The van der Waals surface area contributed by atoms with E-state index in [0.29, 0.717) is 6.54 Å². The lowest BCUT2D eigenvalue weighted by molar-refractivity contribution is 0.303. The van der Waals surface area contributed by atoms with Crippen LogP contribution in [0.5, 0.6) is 11.5 Å². The van der Waals surface area contributed by atoms with Gasteiger partial charge in [0.2, 0.25) is 0 Å². The van der Waals surface area contributed by atoms with Gasteiger partial charge in [-0.25, -0.2) is 0 Å². The average Bonchev–Trinajstić information content (AvgIpc) is 3.16. The van der Waals surface area contributed by atoms with Gasteiger partial charge in [0.05, 0.1) is 26.8 Å². The summed E-state index contributed by atoms with van der Waals surface area (Å²) in [6, 6.07) is 14.8. The van der Waals surface area contributed by atoms with Crippen LogP contribution in [0.25, 0.3) is 0 Å². The van der Waals surface area contributed by atoms with Gasteiger partial charge in [-0.1, -0.05) is 24.3 Å². The standard InChI is InChI=1S/C23H32N4O2/c1-6-24-23(27-14-13-17-9-7-8-10-19(17)27)25-16-20(26(2)3)18-11-12-21(28-4)22(15-18)29-5/h7-12,15,20H,6,13-14,16H2,1-5H3,(H,24,25). The number of benzene rings is 2. The average molecular weight is 397 g/mol. The van der Waals surface area contributed by atoms with Gasteiger partial charge in [0.15, 0.2) is 17.5 Å². The van der Waals surface area contributed by atoms with Crippen LogP contribution in [-0.4, -0.2) is 58.8 Å². The first-order chi connectivity index (χ1) is 14.1. The molecule has 0 amide bonds. The predicted molar refractivity (Wildman–Crippen MR) is 119 cm³/mol. The molecule has 0 bridgehead atoms. The van der Waals surface area contributed by atoms with Crippen LogP contribution in [0, 0.1) is 0 Å². The zero-order chi connectivity index (χ0) is 20.8. The highest BCUT2D eigenvalue weighted by atomic mass is 16.5. The summed E-state index contributed by atoms with van der Waals surface area (Å²) in [4.78, 5) is 9.49. The Labute approximate surface area is 174 Å². The number of hydrogen-bond donors (Lipinski definition) is 1. The summed E-state index contributed by atoms with van der Waals surface area (Å²) in [5.74, 6) is 2.41. The first-order valence-corrected chi connectivity index (χ1v) is 10.1. The fraction of sp³-hybridized carbons (Fsp3) is 0.435. The monoisotopic (exact) mass is 396 g/mol. The summed E-state index contributed by atoms with van der Waals surface area (Å²) in [5.41, 5.74) is 3.77. The van der Waals surface area contributed by atoms with Crippen LogP contribution in [0.15, 0.2) is 47.5 Å². The predicted octanol–water partition coefficient (Wildman–Crippen LogP) is 3.33. The van der Waals surface area contributed by atoms with Gasteiger partial charge in [0.25, 0.3) is 0 Å². The van der Waals surface area contributed by atoms with E-state index in [9.17, 15) is 0 Å². The maximum Gasteiger partial charge on any atom is 0.198 e. The van der Waals surface area contributed by atoms with Crippen molar-refractivity contribution in [1.29, 1.82) is 0 Å². The molecule has 0 saturated carbocycles. The van der Waals surface area contributed by atoms with Crippen molar-refractivity contribution in [3.63, 3.8) is 0 Å². The number of nitrogens with zero attached hydrogens (tertiary/aromatic N) is 3. The maximum atomic E-state index is 5.49. The number of fused-ring (bicyclic) bond motifs is 1. The largest absolute Gasteiger partial charge is 0.493 e.